The van der Waals surface area contributed by atoms with Gasteiger partial charge in [-0.2, -0.15) is 5.10 Å². The average molecular weight is 401 g/mol. The first-order chi connectivity index (χ1) is 13.8. The van der Waals surface area contributed by atoms with E-state index in [9.17, 15) is 9.59 Å². The van der Waals surface area contributed by atoms with Gasteiger partial charge in [0.05, 0.1) is 25.5 Å². The van der Waals surface area contributed by atoms with Gasteiger partial charge in [0.1, 0.15) is 6.54 Å². The van der Waals surface area contributed by atoms with Crippen molar-refractivity contribution in [3.05, 3.63) is 40.7 Å². The summed E-state index contributed by atoms with van der Waals surface area (Å²) in [6.45, 7) is 4.47. The number of methoxy groups -OCH3 is 2. The molecule has 2 heterocycles. The molecule has 0 unspecified atom stereocenters. The van der Waals surface area contributed by atoms with E-state index in [-0.39, 0.29) is 29.7 Å². The van der Waals surface area contributed by atoms with Crippen LogP contribution >= 0.6 is 0 Å². The van der Waals surface area contributed by atoms with Crippen molar-refractivity contribution in [2.45, 2.75) is 44.9 Å². The van der Waals surface area contributed by atoms with Crippen LogP contribution in [0, 0.1) is 0 Å². The molecule has 2 aromatic rings. The number of amides is 1. The predicted molar refractivity (Wildman–Crippen MR) is 108 cm³/mol. The number of rotatable bonds is 6. The van der Waals surface area contributed by atoms with E-state index in [2.05, 4.69) is 10.4 Å². The quantitative estimate of drug-likeness (QED) is 0.796. The maximum atomic E-state index is 12.5. The normalized spacial score (nSPS) is 18.1. The fraction of sp³-hybridized carbons (Fsp3) is 0.476. The molecule has 0 spiro atoms. The predicted octanol–water partition coefficient (Wildman–Crippen LogP) is 2.00. The van der Waals surface area contributed by atoms with E-state index in [0.29, 0.717) is 23.8 Å². The second kappa shape index (κ2) is 8.65. The van der Waals surface area contributed by atoms with Crippen molar-refractivity contribution in [2.24, 2.45) is 0 Å². The zero-order valence-electron chi connectivity index (χ0n) is 17.2. The zero-order valence-corrected chi connectivity index (χ0v) is 17.2. The minimum atomic E-state index is -0.336. The molecule has 0 radical (unpaired) electrons. The lowest BCUT2D eigenvalue weighted by Gasteiger charge is -2.35. The van der Waals surface area contributed by atoms with E-state index in [1.54, 1.807) is 32.4 Å². The first kappa shape index (κ1) is 20.9. The Morgan fingerprint density at radius 1 is 1.24 bits per heavy atom. The van der Waals surface area contributed by atoms with Crippen LogP contribution in [0.25, 0.3) is 11.3 Å². The van der Waals surface area contributed by atoms with Gasteiger partial charge in [0.25, 0.3) is 5.56 Å². The second-order valence-electron chi connectivity index (χ2n) is 7.65. The summed E-state index contributed by atoms with van der Waals surface area (Å²) in [7, 11) is 3.12. The number of hydrogen-bond donors (Lipinski definition) is 1. The van der Waals surface area contributed by atoms with E-state index >= 15 is 0 Å². The molecule has 0 bridgehead atoms. The van der Waals surface area contributed by atoms with Gasteiger partial charge < -0.3 is 19.5 Å². The Balaban J connectivity index is 1.76. The lowest BCUT2D eigenvalue weighted by molar-refractivity contribution is -0.124. The summed E-state index contributed by atoms with van der Waals surface area (Å²) < 4.78 is 17.4. The Labute approximate surface area is 169 Å². The van der Waals surface area contributed by atoms with Gasteiger partial charge in [-0.25, -0.2) is 4.68 Å². The Morgan fingerprint density at radius 2 is 2.00 bits per heavy atom. The van der Waals surface area contributed by atoms with Crippen LogP contribution in [0.2, 0.25) is 0 Å². The summed E-state index contributed by atoms with van der Waals surface area (Å²) in [6.07, 6.45) is 1.48. The van der Waals surface area contributed by atoms with Crippen molar-refractivity contribution in [3.8, 4) is 22.8 Å². The van der Waals surface area contributed by atoms with Crippen molar-refractivity contribution in [1.82, 2.24) is 15.1 Å². The van der Waals surface area contributed by atoms with Gasteiger partial charge in [0.15, 0.2) is 11.5 Å². The summed E-state index contributed by atoms with van der Waals surface area (Å²) in [5.41, 5.74) is 0.712. The zero-order chi connectivity index (χ0) is 21.0. The van der Waals surface area contributed by atoms with Gasteiger partial charge in [0.2, 0.25) is 5.91 Å². The molecule has 29 heavy (non-hydrogen) atoms. The summed E-state index contributed by atoms with van der Waals surface area (Å²) in [6, 6.07) is 8.42. The summed E-state index contributed by atoms with van der Waals surface area (Å²) >= 11 is 0. The lowest BCUT2D eigenvalue weighted by atomic mass is 9.94. The number of nitrogens with zero attached hydrogens (tertiary/aromatic N) is 2. The molecule has 1 N–H and O–H groups in total. The van der Waals surface area contributed by atoms with Gasteiger partial charge in [0, 0.05) is 24.3 Å². The number of aromatic nitrogens is 2. The molecule has 1 aromatic heterocycles. The molecule has 1 aliphatic heterocycles. The number of hydrogen-bond acceptors (Lipinski definition) is 6. The molecule has 8 heteroatoms. The topological polar surface area (TPSA) is 91.7 Å². The van der Waals surface area contributed by atoms with Crippen LogP contribution in [0.5, 0.6) is 11.5 Å². The number of nitrogens with one attached hydrogen (secondary N) is 1. The number of carbonyl (C=O) groups excluding carboxylic acids is 1. The molecule has 8 nitrogen and oxygen atoms in total. The van der Waals surface area contributed by atoms with Crippen LogP contribution in [0.4, 0.5) is 0 Å². The van der Waals surface area contributed by atoms with Crippen molar-refractivity contribution in [1.29, 1.82) is 0 Å². The SMILES string of the molecule is COc1ccc(-c2ccc(=O)n(CC(=O)N[C@H]3CCOC(C)(C)C3)n2)cc1OC. The summed E-state index contributed by atoms with van der Waals surface area (Å²) in [4.78, 5) is 24.7. The molecule has 1 aliphatic rings. The largest absolute Gasteiger partial charge is 0.493 e. The monoisotopic (exact) mass is 401 g/mol. The van der Waals surface area contributed by atoms with E-state index in [1.807, 2.05) is 19.9 Å². The van der Waals surface area contributed by atoms with Crippen LogP contribution in [0.1, 0.15) is 26.7 Å². The third-order valence-electron chi connectivity index (χ3n) is 4.90. The third kappa shape index (κ3) is 5.14. The van der Waals surface area contributed by atoms with E-state index < -0.39 is 0 Å². The fourth-order valence-corrected chi connectivity index (χ4v) is 3.48. The van der Waals surface area contributed by atoms with Gasteiger partial charge in [-0.1, -0.05) is 0 Å². The molecule has 1 aromatic carbocycles. The average Bonchev–Trinajstić information content (AvgIpc) is 2.68. The molecule has 0 aliphatic carbocycles. The Hall–Kier alpha value is -2.87. The van der Waals surface area contributed by atoms with Crippen molar-refractivity contribution in [3.63, 3.8) is 0 Å². The molecule has 1 amide bonds. The van der Waals surface area contributed by atoms with Crippen LogP contribution in [-0.2, 0) is 16.1 Å². The number of benzene rings is 1. The van der Waals surface area contributed by atoms with Gasteiger partial charge in [-0.05, 0) is 51.0 Å². The Kier molecular flexibility index (Phi) is 6.22. The molecule has 0 saturated carbocycles. The van der Waals surface area contributed by atoms with Gasteiger partial charge in [-0.3, -0.25) is 9.59 Å². The smallest absolute Gasteiger partial charge is 0.267 e. The summed E-state index contributed by atoms with van der Waals surface area (Å²) in [5, 5.41) is 7.34. The minimum absolute atomic E-state index is 0.0241. The molecule has 1 atom stereocenters. The van der Waals surface area contributed by atoms with Crippen molar-refractivity contribution >= 4 is 5.91 Å². The fourth-order valence-electron chi connectivity index (χ4n) is 3.48. The first-order valence-corrected chi connectivity index (χ1v) is 9.55. The highest BCUT2D eigenvalue weighted by atomic mass is 16.5. The Bertz CT molecular complexity index is 938. The molecular weight excluding hydrogens is 374 g/mol. The highest BCUT2D eigenvalue weighted by Gasteiger charge is 2.29. The summed E-state index contributed by atoms with van der Waals surface area (Å²) in [5.74, 6) is 0.916. The van der Waals surface area contributed by atoms with Gasteiger partial charge in [-0.15, -0.1) is 0 Å². The maximum absolute atomic E-state index is 12.5. The van der Waals surface area contributed by atoms with E-state index in [1.165, 1.54) is 10.7 Å². The molecule has 1 saturated heterocycles. The van der Waals surface area contributed by atoms with Crippen LogP contribution in [0.15, 0.2) is 35.1 Å². The second-order valence-corrected chi connectivity index (χ2v) is 7.65. The minimum Gasteiger partial charge on any atom is -0.493 e. The molecule has 156 valence electrons. The van der Waals surface area contributed by atoms with E-state index in [4.69, 9.17) is 14.2 Å². The molecule has 1 fully saturated rings. The van der Waals surface area contributed by atoms with Gasteiger partial charge >= 0.3 is 0 Å². The molecule has 3 rings (SSSR count). The van der Waals surface area contributed by atoms with Crippen molar-refractivity contribution in [2.75, 3.05) is 20.8 Å². The number of ether oxygens (including phenoxy) is 3. The standard InChI is InChI=1S/C21H27N3O5/c1-21(2)12-15(9-10-29-21)22-19(25)13-24-20(26)8-6-16(23-24)14-5-7-17(27-3)18(11-14)28-4/h5-8,11,15H,9-10,12-13H2,1-4H3,(H,22,25)/t15-/m0/s1. The van der Waals surface area contributed by atoms with Crippen LogP contribution in [0.3, 0.4) is 0 Å². The lowest BCUT2D eigenvalue weighted by Crippen LogP contribution is -2.47. The highest BCUT2D eigenvalue weighted by molar-refractivity contribution is 5.76. The first-order valence-electron chi connectivity index (χ1n) is 9.55. The van der Waals surface area contributed by atoms with Crippen LogP contribution in [-0.4, -0.2) is 48.2 Å². The van der Waals surface area contributed by atoms with E-state index in [0.717, 1.165) is 18.4 Å². The van der Waals surface area contributed by atoms with Crippen molar-refractivity contribution < 1.29 is 19.0 Å². The maximum Gasteiger partial charge on any atom is 0.267 e. The van der Waals surface area contributed by atoms with Crippen LogP contribution < -0.4 is 20.3 Å². The third-order valence-corrected chi connectivity index (χ3v) is 4.90. The highest BCUT2D eigenvalue weighted by Crippen LogP contribution is 2.31. The number of carbonyl (C=O) groups is 1. The molecular formula is C21H27N3O5. The Morgan fingerprint density at radius 3 is 2.69 bits per heavy atom.